The van der Waals surface area contributed by atoms with Gasteiger partial charge in [-0.3, -0.25) is 15.0 Å². The van der Waals surface area contributed by atoms with Crippen molar-refractivity contribution in [1.82, 2.24) is 19.9 Å². The van der Waals surface area contributed by atoms with Crippen LogP contribution in [0.1, 0.15) is 0 Å². The summed E-state index contributed by atoms with van der Waals surface area (Å²) in [6, 6.07) is 11.6. The fourth-order valence-corrected chi connectivity index (χ4v) is 1.67. The van der Waals surface area contributed by atoms with Crippen molar-refractivity contribution in [3.05, 3.63) is 61.2 Å². The highest BCUT2D eigenvalue weighted by Gasteiger charge is 2.04. The second-order valence-corrected chi connectivity index (χ2v) is 3.71. The molecule has 0 aliphatic rings. The molecule has 86 valence electrons. The molecule has 0 saturated heterocycles. The van der Waals surface area contributed by atoms with Gasteiger partial charge in [-0.2, -0.15) is 0 Å². The summed E-state index contributed by atoms with van der Waals surface area (Å²) < 4.78 is 0. The van der Waals surface area contributed by atoms with E-state index >= 15 is 0 Å². The van der Waals surface area contributed by atoms with Gasteiger partial charge in [-0.15, -0.1) is 0 Å². The monoisotopic (exact) mass is 234 g/mol. The Labute approximate surface area is 104 Å². The van der Waals surface area contributed by atoms with Gasteiger partial charge in [-0.25, -0.2) is 4.98 Å². The van der Waals surface area contributed by atoms with Crippen LogP contribution in [0.4, 0.5) is 0 Å². The summed E-state index contributed by atoms with van der Waals surface area (Å²) in [5, 5.41) is 0. The van der Waals surface area contributed by atoms with Gasteiger partial charge in [0.05, 0.1) is 23.3 Å². The molecule has 4 heteroatoms. The molecule has 4 nitrogen and oxygen atoms in total. The van der Waals surface area contributed by atoms with Gasteiger partial charge in [-0.1, -0.05) is 12.1 Å². The molecule has 3 aromatic heterocycles. The molecular weight excluding hydrogens is 224 g/mol. The van der Waals surface area contributed by atoms with Crippen LogP contribution in [0.3, 0.4) is 0 Å². The number of hydrogen-bond donors (Lipinski definition) is 0. The van der Waals surface area contributed by atoms with Crippen LogP contribution in [0.15, 0.2) is 61.2 Å². The van der Waals surface area contributed by atoms with E-state index in [1.807, 2.05) is 36.4 Å². The van der Waals surface area contributed by atoms with Crippen LogP contribution >= 0.6 is 0 Å². The summed E-state index contributed by atoms with van der Waals surface area (Å²) in [5.41, 5.74) is 3.24. The van der Waals surface area contributed by atoms with E-state index in [9.17, 15) is 0 Å². The van der Waals surface area contributed by atoms with E-state index in [-0.39, 0.29) is 0 Å². The van der Waals surface area contributed by atoms with Crippen molar-refractivity contribution in [3.63, 3.8) is 0 Å². The van der Waals surface area contributed by atoms with Crippen molar-refractivity contribution in [3.8, 4) is 22.8 Å². The fraction of sp³-hybridized carbons (Fsp3) is 0. The first-order valence-electron chi connectivity index (χ1n) is 5.58. The minimum Gasteiger partial charge on any atom is -0.261 e. The van der Waals surface area contributed by atoms with E-state index in [1.165, 1.54) is 0 Å². The molecule has 0 amide bonds. The van der Waals surface area contributed by atoms with Crippen molar-refractivity contribution in [2.24, 2.45) is 0 Å². The van der Waals surface area contributed by atoms with Gasteiger partial charge in [0, 0.05) is 18.6 Å². The van der Waals surface area contributed by atoms with Gasteiger partial charge in [-0.05, 0) is 24.3 Å². The molecule has 0 aliphatic heterocycles. The number of rotatable bonds is 2. The molecule has 3 heterocycles. The summed E-state index contributed by atoms with van der Waals surface area (Å²) in [4.78, 5) is 17.1. The van der Waals surface area contributed by atoms with Crippen LogP contribution in [0.2, 0.25) is 0 Å². The first-order valence-corrected chi connectivity index (χ1v) is 5.58. The van der Waals surface area contributed by atoms with E-state index in [0.717, 1.165) is 22.8 Å². The van der Waals surface area contributed by atoms with E-state index in [2.05, 4.69) is 19.9 Å². The Morgan fingerprint density at radius 2 is 1.39 bits per heavy atom. The van der Waals surface area contributed by atoms with Crippen molar-refractivity contribution in [2.75, 3.05) is 0 Å². The molecule has 0 spiro atoms. The largest absolute Gasteiger partial charge is 0.261 e. The molecule has 0 aliphatic carbocycles. The Bertz CT molecular complexity index is 583. The summed E-state index contributed by atoms with van der Waals surface area (Å²) in [7, 11) is 0. The summed E-state index contributed by atoms with van der Waals surface area (Å²) in [5.74, 6) is 0. The smallest absolute Gasteiger partial charge is 0.107 e. The summed E-state index contributed by atoms with van der Waals surface area (Å²) in [6.07, 6.45) is 6.76. The molecule has 0 saturated carbocycles. The van der Waals surface area contributed by atoms with Crippen LogP contribution < -0.4 is 0 Å². The predicted octanol–water partition coefficient (Wildman–Crippen LogP) is 2.60. The molecule has 0 bridgehead atoms. The first kappa shape index (κ1) is 10.5. The third-order valence-electron chi connectivity index (χ3n) is 2.50. The van der Waals surface area contributed by atoms with Crippen molar-refractivity contribution in [1.29, 1.82) is 0 Å². The molecule has 3 aromatic rings. The number of hydrogen-bond acceptors (Lipinski definition) is 4. The molecule has 0 aromatic carbocycles. The van der Waals surface area contributed by atoms with E-state index in [0.29, 0.717) is 0 Å². The molecule has 0 unspecified atom stereocenters. The van der Waals surface area contributed by atoms with Crippen LogP contribution in [-0.4, -0.2) is 19.9 Å². The van der Waals surface area contributed by atoms with Gasteiger partial charge in [0.25, 0.3) is 0 Å². The van der Waals surface area contributed by atoms with Gasteiger partial charge in [0.15, 0.2) is 0 Å². The maximum absolute atomic E-state index is 4.55. The molecular formula is C14H10N4. The molecule has 0 atom stereocenters. The zero-order chi connectivity index (χ0) is 12.2. The normalized spacial score (nSPS) is 10.2. The van der Waals surface area contributed by atoms with Crippen molar-refractivity contribution < 1.29 is 0 Å². The topological polar surface area (TPSA) is 51.6 Å². The van der Waals surface area contributed by atoms with E-state index in [1.54, 1.807) is 24.8 Å². The lowest BCUT2D eigenvalue weighted by Gasteiger charge is -2.03. The Kier molecular flexibility index (Phi) is 2.75. The second kappa shape index (κ2) is 4.71. The third kappa shape index (κ3) is 2.08. The van der Waals surface area contributed by atoms with Gasteiger partial charge in [0.1, 0.15) is 5.69 Å². The van der Waals surface area contributed by atoms with Gasteiger partial charge in [0.2, 0.25) is 0 Å². The number of pyridine rings is 2. The lowest BCUT2D eigenvalue weighted by Crippen LogP contribution is -1.91. The van der Waals surface area contributed by atoms with E-state index < -0.39 is 0 Å². The number of nitrogens with zero attached hydrogens (tertiary/aromatic N) is 4. The summed E-state index contributed by atoms with van der Waals surface area (Å²) in [6.45, 7) is 0. The quantitative estimate of drug-likeness (QED) is 0.684. The van der Waals surface area contributed by atoms with Crippen LogP contribution in [0.25, 0.3) is 22.8 Å². The lowest BCUT2D eigenvalue weighted by molar-refractivity contribution is 1.17. The van der Waals surface area contributed by atoms with E-state index in [4.69, 9.17) is 0 Å². The molecule has 18 heavy (non-hydrogen) atoms. The zero-order valence-corrected chi connectivity index (χ0v) is 9.56. The Balaban J connectivity index is 2.05. The predicted molar refractivity (Wildman–Crippen MR) is 68.5 cm³/mol. The van der Waals surface area contributed by atoms with Crippen molar-refractivity contribution >= 4 is 0 Å². The minimum atomic E-state index is 0.760. The number of aromatic nitrogens is 4. The first-order chi connectivity index (χ1) is 8.93. The summed E-state index contributed by atoms with van der Waals surface area (Å²) >= 11 is 0. The van der Waals surface area contributed by atoms with Crippen LogP contribution in [-0.2, 0) is 0 Å². The molecule has 0 fully saturated rings. The minimum absolute atomic E-state index is 0.760. The fourth-order valence-electron chi connectivity index (χ4n) is 1.67. The highest BCUT2D eigenvalue weighted by Crippen LogP contribution is 2.18. The highest BCUT2D eigenvalue weighted by molar-refractivity contribution is 5.60. The van der Waals surface area contributed by atoms with Crippen molar-refractivity contribution in [2.45, 2.75) is 0 Å². The zero-order valence-electron chi connectivity index (χ0n) is 9.56. The standard InChI is InChI=1S/C14H10N4/c1-2-7-16-11(4-1)12-5-3-6-13(18-12)14-10-15-8-9-17-14/h1-10H. The van der Waals surface area contributed by atoms with Gasteiger partial charge < -0.3 is 0 Å². The maximum atomic E-state index is 4.55. The molecule has 0 radical (unpaired) electrons. The molecule has 0 N–H and O–H groups in total. The Morgan fingerprint density at radius 1 is 0.611 bits per heavy atom. The third-order valence-corrected chi connectivity index (χ3v) is 2.50. The molecule has 3 rings (SSSR count). The van der Waals surface area contributed by atoms with Crippen LogP contribution in [0.5, 0.6) is 0 Å². The SMILES string of the molecule is c1ccc(-c2cccc(-c3cnccn3)n2)nc1. The second-order valence-electron chi connectivity index (χ2n) is 3.71. The van der Waals surface area contributed by atoms with Gasteiger partial charge >= 0.3 is 0 Å². The average molecular weight is 234 g/mol. The lowest BCUT2D eigenvalue weighted by atomic mass is 10.2. The Morgan fingerprint density at radius 3 is 2.11 bits per heavy atom. The van der Waals surface area contributed by atoms with Crippen LogP contribution in [0, 0.1) is 0 Å². The average Bonchev–Trinajstić information content (AvgIpc) is 2.49. The maximum Gasteiger partial charge on any atom is 0.107 e. The highest BCUT2D eigenvalue weighted by atomic mass is 14.8. The Hall–Kier alpha value is -2.62.